The number of likely N-dealkylation sites (tertiary alicyclic amines) is 1. The molecule has 1 aliphatic rings. The lowest BCUT2D eigenvalue weighted by atomic mass is 9.99. The van der Waals surface area contributed by atoms with Crippen molar-refractivity contribution >= 4 is 21.9 Å². The Bertz CT molecular complexity index is 418. The number of rotatable bonds is 3. The number of carbonyl (C=O) groups is 1. The quantitative estimate of drug-likeness (QED) is 0.804. The Hall–Kier alpha value is -0.870. The number of halogens is 1. The van der Waals surface area contributed by atoms with Crippen molar-refractivity contribution in [3.8, 4) is 0 Å². The number of hydrogen-bond donors (Lipinski definition) is 0. The van der Waals surface area contributed by atoms with E-state index < -0.39 is 0 Å². The van der Waals surface area contributed by atoms with Crippen LogP contribution in [0.4, 0.5) is 0 Å². The number of carbonyl (C=O) groups excluding carboxylic acids is 1. The van der Waals surface area contributed by atoms with Crippen LogP contribution in [0.15, 0.2) is 28.7 Å². The van der Waals surface area contributed by atoms with Gasteiger partial charge in [-0.3, -0.25) is 9.69 Å². The highest BCUT2D eigenvalue weighted by Crippen LogP contribution is 2.25. The third-order valence-corrected chi connectivity index (χ3v) is 4.04. The van der Waals surface area contributed by atoms with Gasteiger partial charge in [-0.2, -0.15) is 0 Å². The molecule has 98 valence electrons. The first kappa shape index (κ1) is 13.6. The highest BCUT2D eigenvalue weighted by molar-refractivity contribution is 9.10. The van der Waals surface area contributed by atoms with Gasteiger partial charge in [0.15, 0.2) is 0 Å². The van der Waals surface area contributed by atoms with Gasteiger partial charge in [0.05, 0.1) is 13.0 Å². The molecule has 2 unspecified atom stereocenters. The summed E-state index contributed by atoms with van der Waals surface area (Å²) < 4.78 is 5.94. The maximum Gasteiger partial charge on any atom is 0.310 e. The highest BCUT2D eigenvalue weighted by atomic mass is 79.9. The molecule has 1 heterocycles. The molecule has 1 aromatic rings. The van der Waals surface area contributed by atoms with Crippen LogP contribution in [0.5, 0.6) is 0 Å². The number of methoxy groups -OCH3 is 1. The Labute approximate surface area is 116 Å². The molecule has 3 nitrogen and oxygen atoms in total. The molecule has 1 aromatic carbocycles. The van der Waals surface area contributed by atoms with E-state index in [4.69, 9.17) is 4.74 Å². The van der Waals surface area contributed by atoms with Crippen molar-refractivity contribution in [1.29, 1.82) is 0 Å². The predicted octanol–water partition coefficient (Wildman–Crippen LogP) is 2.69. The van der Waals surface area contributed by atoms with Gasteiger partial charge in [0.2, 0.25) is 0 Å². The summed E-state index contributed by atoms with van der Waals surface area (Å²) in [5.74, 6) is 0.305. The van der Waals surface area contributed by atoms with Crippen LogP contribution in [0.25, 0.3) is 0 Å². The van der Waals surface area contributed by atoms with Gasteiger partial charge in [-0.1, -0.05) is 35.0 Å². The van der Waals surface area contributed by atoms with Crippen LogP contribution in [0.1, 0.15) is 12.5 Å². The molecule has 2 atom stereocenters. The van der Waals surface area contributed by atoms with Gasteiger partial charge in [0, 0.05) is 24.1 Å². The molecule has 2 rings (SSSR count). The Morgan fingerprint density at radius 1 is 1.39 bits per heavy atom. The minimum atomic E-state index is -0.0826. The normalized spacial score (nSPS) is 24.2. The molecule has 4 heteroatoms. The second-order valence-electron chi connectivity index (χ2n) is 4.93. The van der Waals surface area contributed by atoms with Gasteiger partial charge >= 0.3 is 5.97 Å². The molecule has 1 fully saturated rings. The van der Waals surface area contributed by atoms with E-state index in [0.29, 0.717) is 5.92 Å². The van der Waals surface area contributed by atoms with Crippen molar-refractivity contribution in [3.05, 3.63) is 34.3 Å². The average molecular weight is 312 g/mol. The van der Waals surface area contributed by atoms with Crippen molar-refractivity contribution in [2.24, 2.45) is 11.8 Å². The zero-order valence-corrected chi connectivity index (χ0v) is 12.3. The number of benzene rings is 1. The van der Waals surface area contributed by atoms with Gasteiger partial charge in [-0.25, -0.2) is 0 Å². The maximum atomic E-state index is 11.6. The Morgan fingerprint density at radius 2 is 2.06 bits per heavy atom. The number of esters is 1. The van der Waals surface area contributed by atoms with Gasteiger partial charge in [0.1, 0.15) is 0 Å². The minimum Gasteiger partial charge on any atom is -0.469 e. The van der Waals surface area contributed by atoms with Crippen LogP contribution in [0.3, 0.4) is 0 Å². The van der Waals surface area contributed by atoms with E-state index in [1.54, 1.807) is 0 Å². The molecule has 0 amide bonds. The number of hydrogen-bond acceptors (Lipinski definition) is 3. The summed E-state index contributed by atoms with van der Waals surface area (Å²) in [4.78, 5) is 13.9. The van der Waals surface area contributed by atoms with Crippen LogP contribution < -0.4 is 0 Å². The lowest BCUT2D eigenvalue weighted by molar-refractivity contribution is -0.146. The first-order valence-corrected chi connectivity index (χ1v) is 6.94. The van der Waals surface area contributed by atoms with E-state index in [9.17, 15) is 4.79 Å². The maximum absolute atomic E-state index is 11.6. The lowest BCUT2D eigenvalue weighted by Crippen LogP contribution is -2.24. The van der Waals surface area contributed by atoms with E-state index in [1.165, 1.54) is 12.7 Å². The predicted molar refractivity (Wildman–Crippen MR) is 74.1 cm³/mol. The standard InChI is InChI=1S/C14H18BrNO2/c1-10-7-16(9-13(10)14(17)18-2)8-11-3-5-12(15)6-4-11/h3-6,10,13H,7-9H2,1-2H3. The van der Waals surface area contributed by atoms with E-state index in [1.807, 2.05) is 12.1 Å². The zero-order chi connectivity index (χ0) is 13.1. The van der Waals surface area contributed by atoms with Crippen LogP contribution in [-0.2, 0) is 16.1 Å². The van der Waals surface area contributed by atoms with Crippen molar-refractivity contribution < 1.29 is 9.53 Å². The second-order valence-corrected chi connectivity index (χ2v) is 5.84. The average Bonchev–Trinajstić information content (AvgIpc) is 2.72. The molecule has 0 bridgehead atoms. The lowest BCUT2D eigenvalue weighted by Gasteiger charge is -2.15. The molecule has 0 spiro atoms. The summed E-state index contributed by atoms with van der Waals surface area (Å²) in [5.41, 5.74) is 1.27. The summed E-state index contributed by atoms with van der Waals surface area (Å²) in [7, 11) is 1.46. The summed E-state index contributed by atoms with van der Waals surface area (Å²) in [5, 5.41) is 0. The fourth-order valence-electron chi connectivity index (χ4n) is 2.50. The molecule has 0 radical (unpaired) electrons. The van der Waals surface area contributed by atoms with Crippen LogP contribution >= 0.6 is 15.9 Å². The molecule has 18 heavy (non-hydrogen) atoms. The number of nitrogens with zero attached hydrogens (tertiary/aromatic N) is 1. The molecule has 1 saturated heterocycles. The Kier molecular flexibility index (Phi) is 4.40. The molecule has 1 aliphatic heterocycles. The van der Waals surface area contributed by atoms with Gasteiger partial charge < -0.3 is 4.74 Å². The van der Waals surface area contributed by atoms with Gasteiger partial charge in [-0.15, -0.1) is 0 Å². The molecular formula is C14H18BrNO2. The van der Waals surface area contributed by atoms with Crippen LogP contribution in [0.2, 0.25) is 0 Å². The molecule has 0 aromatic heterocycles. The summed E-state index contributed by atoms with van der Waals surface area (Å²) in [6.45, 7) is 4.76. The van der Waals surface area contributed by atoms with E-state index >= 15 is 0 Å². The minimum absolute atomic E-state index is 0.0189. The SMILES string of the molecule is COC(=O)C1CN(Cc2ccc(Br)cc2)CC1C. The molecule has 0 aliphatic carbocycles. The van der Waals surface area contributed by atoms with Gasteiger partial charge in [-0.05, 0) is 23.6 Å². The smallest absolute Gasteiger partial charge is 0.310 e. The van der Waals surface area contributed by atoms with Crippen molar-refractivity contribution in [2.45, 2.75) is 13.5 Å². The van der Waals surface area contributed by atoms with E-state index in [-0.39, 0.29) is 11.9 Å². The first-order chi connectivity index (χ1) is 8.60. The monoisotopic (exact) mass is 311 g/mol. The van der Waals surface area contributed by atoms with Crippen molar-refractivity contribution in [1.82, 2.24) is 4.90 Å². The third-order valence-electron chi connectivity index (χ3n) is 3.51. The third kappa shape index (κ3) is 3.12. The van der Waals surface area contributed by atoms with Gasteiger partial charge in [0.25, 0.3) is 0 Å². The van der Waals surface area contributed by atoms with Crippen molar-refractivity contribution in [2.75, 3.05) is 20.2 Å². The molecular weight excluding hydrogens is 294 g/mol. The fraction of sp³-hybridized carbons (Fsp3) is 0.500. The van der Waals surface area contributed by atoms with Crippen molar-refractivity contribution in [3.63, 3.8) is 0 Å². The topological polar surface area (TPSA) is 29.5 Å². The van der Waals surface area contributed by atoms with Crippen LogP contribution in [0, 0.1) is 11.8 Å². The number of ether oxygens (including phenoxy) is 1. The largest absolute Gasteiger partial charge is 0.469 e. The second kappa shape index (κ2) is 5.85. The Balaban J connectivity index is 1.96. The summed E-state index contributed by atoms with van der Waals surface area (Å²) in [6.07, 6.45) is 0. The molecule has 0 saturated carbocycles. The van der Waals surface area contributed by atoms with E-state index in [0.717, 1.165) is 24.1 Å². The zero-order valence-electron chi connectivity index (χ0n) is 10.7. The highest BCUT2D eigenvalue weighted by Gasteiger charge is 2.35. The fourth-order valence-corrected chi connectivity index (χ4v) is 2.77. The summed E-state index contributed by atoms with van der Waals surface area (Å²) in [6, 6.07) is 8.32. The van der Waals surface area contributed by atoms with E-state index in [2.05, 4.69) is 39.9 Å². The summed E-state index contributed by atoms with van der Waals surface area (Å²) >= 11 is 3.43. The Morgan fingerprint density at radius 3 is 2.67 bits per heavy atom. The van der Waals surface area contributed by atoms with Crippen LogP contribution in [-0.4, -0.2) is 31.1 Å². The molecule has 0 N–H and O–H groups in total. The first-order valence-electron chi connectivity index (χ1n) is 6.14.